The van der Waals surface area contributed by atoms with E-state index in [-0.39, 0.29) is 26.0 Å². The lowest BCUT2D eigenvalue weighted by atomic mass is 9.93. The second-order valence-corrected chi connectivity index (χ2v) is 6.50. The van der Waals surface area contributed by atoms with Crippen molar-refractivity contribution in [1.82, 2.24) is 5.06 Å². The van der Waals surface area contributed by atoms with Gasteiger partial charge >= 0.3 is 0 Å². The van der Waals surface area contributed by atoms with Crippen molar-refractivity contribution in [1.29, 1.82) is 0 Å². The summed E-state index contributed by atoms with van der Waals surface area (Å²) >= 11 is 0. The van der Waals surface area contributed by atoms with E-state index in [0.717, 1.165) is 5.56 Å². The molecule has 0 saturated heterocycles. The quantitative estimate of drug-likeness (QED) is 0.773. The molecule has 1 amide bonds. The summed E-state index contributed by atoms with van der Waals surface area (Å²) in [7, 11) is 3.07. The van der Waals surface area contributed by atoms with E-state index in [4.69, 9.17) is 33.3 Å². The van der Waals surface area contributed by atoms with Crippen LogP contribution in [-0.2, 0) is 11.4 Å². The zero-order valence-corrected chi connectivity index (χ0v) is 16.2. The molecule has 0 aromatic heterocycles. The number of nitrogens with zero attached hydrogens (tertiary/aromatic N) is 1. The normalized spacial score (nSPS) is 15.7. The van der Waals surface area contributed by atoms with Gasteiger partial charge in [0.05, 0.1) is 32.9 Å². The van der Waals surface area contributed by atoms with E-state index >= 15 is 0 Å². The number of benzene rings is 2. The van der Waals surface area contributed by atoms with E-state index < -0.39 is 0 Å². The minimum atomic E-state index is -0.318. The van der Waals surface area contributed by atoms with Gasteiger partial charge in [-0.15, -0.1) is 0 Å². The standard InChI is InChI=1S/C20H19NO8/c1-4-29-21-7-10-5-12(23-2)16-18(27-8-25-16)14(10)15-11(20(21)22)6-13(24-3)17-19(15)28-9-26-17/h5-6H,4,7-9H2,1-3H3. The first-order valence-electron chi connectivity index (χ1n) is 9.13. The molecule has 0 atom stereocenters. The molecule has 9 nitrogen and oxygen atoms in total. The van der Waals surface area contributed by atoms with Crippen LogP contribution in [0.4, 0.5) is 0 Å². The number of ether oxygens (including phenoxy) is 6. The summed E-state index contributed by atoms with van der Waals surface area (Å²) in [5.41, 5.74) is 2.38. The molecule has 3 aliphatic rings. The molecule has 152 valence electrons. The molecule has 0 unspecified atom stereocenters. The smallest absolute Gasteiger partial charge is 0.278 e. The Hall–Kier alpha value is -3.33. The Morgan fingerprint density at radius 1 is 0.897 bits per heavy atom. The molecule has 0 radical (unpaired) electrons. The average molecular weight is 401 g/mol. The summed E-state index contributed by atoms with van der Waals surface area (Å²) in [6.45, 7) is 2.43. The van der Waals surface area contributed by atoms with Crippen molar-refractivity contribution in [2.24, 2.45) is 0 Å². The van der Waals surface area contributed by atoms with Crippen LogP contribution in [0.1, 0.15) is 22.8 Å². The monoisotopic (exact) mass is 401 g/mol. The number of carbonyl (C=O) groups excluding carboxylic acids is 1. The van der Waals surface area contributed by atoms with E-state index in [1.165, 1.54) is 12.2 Å². The molecule has 0 fully saturated rings. The van der Waals surface area contributed by atoms with Crippen molar-refractivity contribution in [2.45, 2.75) is 13.5 Å². The Morgan fingerprint density at radius 2 is 1.48 bits per heavy atom. The van der Waals surface area contributed by atoms with Crippen molar-refractivity contribution < 1.29 is 38.1 Å². The molecule has 9 heteroatoms. The van der Waals surface area contributed by atoms with Crippen molar-refractivity contribution in [3.8, 4) is 45.6 Å². The topological polar surface area (TPSA) is 84.9 Å². The Morgan fingerprint density at radius 3 is 2.10 bits per heavy atom. The van der Waals surface area contributed by atoms with Crippen LogP contribution in [-0.4, -0.2) is 45.4 Å². The molecular weight excluding hydrogens is 382 g/mol. The number of fused-ring (bicyclic) bond motifs is 7. The molecule has 0 aliphatic carbocycles. The van der Waals surface area contributed by atoms with Crippen LogP contribution in [0.5, 0.6) is 34.5 Å². The second kappa shape index (κ2) is 6.63. The number of methoxy groups -OCH3 is 2. The summed E-state index contributed by atoms with van der Waals surface area (Å²) in [4.78, 5) is 19.0. The molecule has 2 aromatic carbocycles. The lowest BCUT2D eigenvalue weighted by Crippen LogP contribution is -2.29. The van der Waals surface area contributed by atoms with Crippen LogP contribution in [0, 0.1) is 0 Å². The first kappa shape index (κ1) is 17.7. The highest BCUT2D eigenvalue weighted by atomic mass is 16.7. The highest BCUT2D eigenvalue weighted by Gasteiger charge is 2.39. The Bertz CT molecular complexity index is 1020. The SMILES string of the molecule is CCON1Cc2cc(OC)c3c(c2-c2c(cc(OC)c4c2OCO4)C1=O)OCO3. The zero-order valence-electron chi connectivity index (χ0n) is 16.2. The fraction of sp³-hybridized carbons (Fsp3) is 0.350. The fourth-order valence-corrected chi connectivity index (χ4v) is 3.87. The van der Waals surface area contributed by atoms with Gasteiger partial charge in [0.2, 0.25) is 25.1 Å². The first-order chi connectivity index (χ1) is 14.2. The van der Waals surface area contributed by atoms with E-state index in [0.29, 0.717) is 57.8 Å². The predicted molar refractivity (Wildman–Crippen MR) is 98.7 cm³/mol. The summed E-state index contributed by atoms with van der Waals surface area (Å²) in [6, 6.07) is 3.46. The summed E-state index contributed by atoms with van der Waals surface area (Å²) in [5, 5.41) is 1.31. The van der Waals surface area contributed by atoms with Gasteiger partial charge in [-0.05, 0) is 24.6 Å². The van der Waals surface area contributed by atoms with Crippen molar-refractivity contribution in [3.63, 3.8) is 0 Å². The lowest BCUT2D eigenvalue weighted by molar-refractivity contribution is -0.124. The van der Waals surface area contributed by atoms with E-state index in [1.54, 1.807) is 13.2 Å². The van der Waals surface area contributed by atoms with Gasteiger partial charge < -0.3 is 28.4 Å². The highest BCUT2D eigenvalue weighted by molar-refractivity contribution is 6.06. The molecule has 5 rings (SSSR count). The maximum absolute atomic E-state index is 13.4. The summed E-state index contributed by atoms with van der Waals surface area (Å²) < 4.78 is 33.7. The summed E-state index contributed by atoms with van der Waals surface area (Å²) in [6.07, 6.45) is 0. The summed E-state index contributed by atoms with van der Waals surface area (Å²) in [5.74, 6) is 2.46. The third-order valence-electron chi connectivity index (χ3n) is 5.04. The molecule has 0 bridgehead atoms. The van der Waals surface area contributed by atoms with E-state index in [9.17, 15) is 4.79 Å². The number of carbonyl (C=O) groups is 1. The number of rotatable bonds is 4. The van der Waals surface area contributed by atoms with Crippen LogP contribution >= 0.6 is 0 Å². The van der Waals surface area contributed by atoms with E-state index in [2.05, 4.69) is 0 Å². The third-order valence-corrected chi connectivity index (χ3v) is 5.04. The molecular formula is C20H19NO8. The van der Waals surface area contributed by atoms with Crippen molar-refractivity contribution in [2.75, 3.05) is 34.4 Å². The Labute approximate surface area is 166 Å². The van der Waals surface area contributed by atoms with Crippen molar-refractivity contribution in [3.05, 3.63) is 23.3 Å². The van der Waals surface area contributed by atoms with Crippen LogP contribution in [0.2, 0.25) is 0 Å². The molecule has 0 N–H and O–H groups in total. The number of hydrogen-bond acceptors (Lipinski definition) is 8. The molecule has 3 heterocycles. The minimum absolute atomic E-state index is 0.0244. The van der Waals surface area contributed by atoms with Gasteiger partial charge in [0.25, 0.3) is 5.91 Å². The predicted octanol–water partition coefficient (Wildman–Crippen LogP) is 2.74. The van der Waals surface area contributed by atoms with Crippen LogP contribution in [0.25, 0.3) is 11.1 Å². The number of hydroxylamine groups is 2. The second-order valence-electron chi connectivity index (χ2n) is 6.50. The first-order valence-corrected chi connectivity index (χ1v) is 9.13. The van der Waals surface area contributed by atoms with Gasteiger partial charge in [0.1, 0.15) is 0 Å². The molecule has 3 aliphatic heterocycles. The number of hydrogen-bond donors (Lipinski definition) is 0. The maximum atomic E-state index is 13.4. The van der Waals surface area contributed by atoms with Crippen LogP contribution in [0.3, 0.4) is 0 Å². The molecule has 0 spiro atoms. The maximum Gasteiger partial charge on any atom is 0.278 e. The van der Waals surface area contributed by atoms with Gasteiger partial charge in [-0.2, -0.15) is 0 Å². The van der Waals surface area contributed by atoms with Gasteiger partial charge in [-0.25, -0.2) is 5.06 Å². The van der Waals surface area contributed by atoms with Crippen LogP contribution < -0.4 is 28.4 Å². The largest absolute Gasteiger partial charge is 0.493 e. The average Bonchev–Trinajstić information content (AvgIpc) is 3.39. The fourth-order valence-electron chi connectivity index (χ4n) is 3.87. The van der Waals surface area contributed by atoms with Gasteiger partial charge in [-0.1, -0.05) is 0 Å². The Balaban J connectivity index is 1.87. The van der Waals surface area contributed by atoms with E-state index in [1.807, 2.05) is 13.0 Å². The molecule has 0 saturated carbocycles. The Kier molecular flexibility index (Phi) is 4.06. The molecule has 2 aromatic rings. The third kappa shape index (κ3) is 2.47. The highest BCUT2D eigenvalue weighted by Crippen LogP contribution is 2.57. The van der Waals surface area contributed by atoms with Crippen LogP contribution in [0.15, 0.2) is 12.1 Å². The minimum Gasteiger partial charge on any atom is -0.493 e. The van der Waals surface area contributed by atoms with Gasteiger partial charge in [0.15, 0.2) is 23.0 Å². The number of amides is 1. The van der Waals surface area contributed by atoms with Gasteiger partial charge in [-0.3, -0.25) is 9.63 Å². The van der Waals surface area contributed by atoms with Gasteiger partial charge in [0, 0.05) is 11.1 Å². The van der Waals surface area contributed by atoms with Crippen molar-refractivity contribution >= 4 is 5.91 Å². The zero-order chi connectivity index (χ0) is 20.1. The lowest BCUT2D eigenvalue weighted by Gasteiger charge is -2.20. The molecule has 29 heavy (non-hydrogen) atoms.